The number of piperidine rings is 1. The lowest BCUT2D eigenvalue weighted by Crippen LogP contribution is -2.44. The zero-order valence-electron chi connectivity index (χ0n) is 15.4. The second-order valence-corrected chi connectivity index (χ2v) is 7.95. The van der Waals surface area contributed by atoms with Gasteiger partial charge in [-0.05, 0) is 48.1 Å². The van der Waals surface area contributed by atoms with Gasteiger partial charge in [-0.3, -0.25) is 9.69 Å². The number of aliphatic carboxylic acids is 1. The largest absolute Gasteiger partial charge is 0.480 e. The maximum absolute atomic E-state index is 11.5. The Kier molecular flexibility index (Phi) is 6.30. The van der Waals surface area contributed by atoms with Gasteiger partial charge >= 0.3 is 5.97 Å². The Morgan fingerprint density at radius 3 is 2.04 bits per heavy atom. The zero-order valence-corrected chi connectivity index (χ0v) is 17.0. The van der Waals surface area contributed by atoms with Gasteiger partial charge in [0, 0.05) is 22.9 Å². The van der Waals surface area contributed by atoms with E-state index in [0.29, 0.717) is 6.42 Å². The third kappa shape index (κ3) is 3.79. The molecule has 0 saturated carbocycles. The van der Waals surface area contributed by atoms with Gasteiger partial charge in [0.1, 0.15) is 6.04 Å². The van der Waals surface area contributed by atoms with Gasteiger partial charge in [-0.25, -0.2) is 0 Å². The molecule has 0 radical (unpaired) electrons. The van der Waals surface area contributed by atoms with Crippen molar-refractivity contribution in [3.8, 4) is 0 Å². The standard InChI is InChI=1S/C22H23NO2S.ClH/c1-2-18(22(24)25)23-13-11-15(12-14-23)21-16-7-3-5-9-19(16)26-20-10-6-4-8-17(20)21;/h3-10,18H,2,11-14H2,1H3,(H,24,25);1H. The lowest BCUT2D eigenvalue weighted by atomic mass is 9.87. The summed E-state index contributed by atoms with van der Waals surface area (Å²) < 4.78 is 0. The third-order valence-electron chi connectivity index (χ3n) is 5.40. The highest BCUT2D eigenvalue weighted by molar-refractivity contribution is 7.99. The number of carbonyl (C=O) groups is 1. The predicted octanol–water partition coefficient (Wildman–Crippen LogP) is 5.33. The number of hydrogen-bond acceptors (Lipinski definition) is 3. The average molecular weight is 402 g/mol. The van der Waals surface area contributed by atoms with E-state index in [2.05, 4.69) is 53.4 Å². The molecule has 0 aromatic heterocycles. The number of rotatable bonds is 3. The van der Waals surface area contributed by atoms with Crippen molar-refractivity contribution in [2.45, 2.75) is 42.0 Å². The van der Waals surface area contributed by atoms with Crippen LogP contribution in [-0.4, -0.2) is 35.1 Å². The fourth-order valence-corrected chi connectivity index (χ4v) is 5.20. The van der Waals surface area contributed by atoms with E-state index in [0.717, 1.165) is 25.9 Å². The number of benzene rings is 2. The molecule has 0 bridgehead atoms. The molecular formula is C22H24ClNO2S. The summed E-state index contributed by atoms with van der Waals surface area (Å²) in [5.41, 5.74) is 5.48. The molecule has 1 unspecified atom stereocenters. The summed E-state index contributed by atoms with van der Waals surface area (Å²) in [5.74, 6) is -0.701. The number of halogens is 1. The van der Waals surface area contributed by atoms with Gasteiger partial charge < -0.3 is 5.11 Å². The zero-order chi connectivity index (χ0) is 18.1. The number of carboxylic acid groups (broad SMARTS) is 1. The van der Waals surface area contributed by atoms with Gasteiger partial charge in [0.2, 0.25) is 0 Å². The first-order valence-electron chi connectivity index (χ1n) is 9.24. The minimum atomic E-state index is -0.701. The van der Waals surface area contributed by atoms with Crippen LogP contribution >= 0.6 is 24.2 Å². The molecule has 1 saturated heterocycles. The number of nitrogens with zero attached hydrogens (tertiary/aromatic N) is 1. The van der Waals surface area contributed by atoms with E-state index >= 15 is 0 Å². The highest BCUT2D eigenvalue weighted by Gasteiger charge is 2.29. The second-order valence-electron chi connectivity index (χ2n) is 6.87. The molecule has 27 heavy (non-hydrogen) atoms. The van der Waals surface area contributed by atoms with Crippen molar-refractivity contribution in [2.24, 2.45) is 0 Å². The lowest BCUT2D eigenvalue weighted by Gasteiger charge is -2.34. The molecule has 4 rings (SSSR count). The Bertz CT molecular complexity index is 823. The first-order chi connectivity index (χ1) is 12.7. The summed E-state index contributed by atoms with van der Waals surface area (Å²) in [6.07, 6.45) is 2.53. The van der Waals surface area contributed by atoms with Gasteiger partial charge in [0.15, 0.2) is 0 Å². The summed E-state index contributed by atoms with van der Waals surface area (Å²) in [6, 6.07) is 16.9. The Morgan fingerprint density at radius 2 is 1.56 bits per heavy atom. The molecule has 1 atom stereocenters. The highest BCUT2D eigenvalue weighted by atomic mass is 35.5. The maximum atomic E-state index is 11.5. The SMILES string of the molecule is CCC(C(=O)O)N1CCC(=C2c3ccccc3Sc3ccccc32)CC1.Cl. The van der Waals surface area contributed by atoms with E-state index in [9.17, 15) is 9.90 Å². The molecule has 2 aliphatic heterocycles. The van der Waals surface area contributed by atoms with E-state index in [1.54, 1.807) is 0 Å². The molecule has 2 aromatic rings. The molecule has 2 aromatic carbocycles. The van der Waals surface area contributed by atoms with Crippen molar-refractivity contribution < 1.29 is 9.90 Å². The Balaban J connectivity index is 0.00000210. The molecule has 1 fully saturated rings. The Labute approximate surface area is 170 Å². The van der Waals surface area contributed by atoms with Crippen molar-refractivity contribution in [1.29, 1.82) is 0 Å². The Morgan fingerprint density at radius 1 is 1.04 bits per heavy atom. The fraction of sp³-hybridized carbons (Fsp3) is 0.318. The normalized spacial score (nSPS) is 17.5. The monoisotopic (exact) mass is 401 g/mol. The van der Waals surface area contributed by atoms with Crippen LogP contribution in [0.4, 0.5) is 0 Å². The second kappa shape index (κ2) is 8.51. The molecule has 142 valence electrons. The van der Waals surface area contributed by atoms with Crippen LogP contribution in [0.5, 0.6) is 0 Å². The number of carboxylic acids is 1. The smallest absolute Gasteiger partial charge is 0.320 e. The van der Waals surface area contributed by atoms with Gasteiger partial charge in [-0.15, -0.1) is 12.4 Å². The molecule has 2 aliphatic rings. The molecule has 0 aliphatic carbocycles. The van der Waals surface area contributed by atoms with Crippen LogP contribution in [0.2, 0.25) is 0 Å². The predicted molar refractivity (Wildman–Crippen MR) is 113 cm³/mol. The fourth-order valence-electron chi connectivity index (χ4n) is 4.11. The topological polar surface area (TPSA) is 40.5 Å². The van der Waals surface area contributed by atoms with Crippen LogP contribution < -0.4 is 0 Å². The molecule has 2 heterocycles. The summed E-state index contributed by atoms with van der Waals surface area (Å²) in [7, 11) is 0. The van der Waals surface area contributed by atoms with E-state index in [-0.39, 0.29) is 18.4 Å². The lowest BCUT2D eigenvalue weighted by molar-refractivity contribution is -0.143. The van der Waals surface area contributed by atoms with Crippen molar-refractivity contribution in [2.75, 3.05) is 13.1 Å². The van der Waals surface area contributed by atoms with Crippen molar-refractivity contribution in [3.05, 3.63) is 65.2 Å². The summed E-state index contributed by atoms with van der Waals surface area (Å²) in [4.78, 5) is 16.2. The van der Waals surface area contributed by atoms with E-state index in [1.807, 2.05) is 18.7 Å². The average Bonchev–Trinajstić information content (AvgIpc) is 2.67. The quantitative estimate of drug-likeness (QED) is 0.643. The molecule has 3 nitrogen and oxygen atoms in total. The van der Waals surface area contributed by atoms with Gasteiger partial charge in [0.25, 0.3) is 0 Å². The first-order valence-corrected chi connectivity index (χ1v) is 10.1. The first kappa shape index (κ1) is 20.0. The van der Waals surface area contributed by atoms with Crippen LogP contribution in [-0.2, 0) is 4.79 Å². The minimum absolute atomic E-state index is 0. The minimum Gasteiger partial charge on any atom is -0.480 e. The number of likely N-dealkylation sites (tertiary alicyclic amines) is 1. The van der Waals surface area contributed by atoms with Crippen molar-refractivity contribution in [1.82, 2.24) is 4.90 Å². The van der Waals surface area contributed by atoms with Gasteiger partial charge in [-0.1, -0.05) is 60.7 Å². The summed E-state index contributed by atoms with van der Waals surface area (Å²) in [5, 5.41) is 9.44. The van der Waals surface area contributed by atoms with Crippen LogP contribution in [0.3, 0.4) is 0 Å². The number of fused-ring (bicyclic) bond motifs is 2. The van der Waals surface area contributed by atoms with Crippen LogP contribution in [0, 0.1) is 0 Å². The van der Waals surface area contributed by atoms with E-state index < -0.39 is 5.97 Å². The van der Waals surface area contributed by atoms with Crippen LogP contribution in [0.1, 0.15) is 37.3 Å². The van der Waals surface area contributed by atoms with Gasteiger partial charge in [0.05, 0.1) is 0 Å². The van der Waals surface area contributed by atoms with Crippen LogP contribution in [0.25, 0.3) is 5.57 Å². The van der Waals surface area contributed by atoms with Crippen molar-refractivity contribution >= 4 is 35.7 Å². The Hall–Kier alpha value is -1.75. The molecule has 0 spiro atoms. The molecule has 1 N–H and O–H groups in total. The molecular weight excluding hydrogens is 378 g/mol. The maximum Gasteiger partial charge on any atom is 0.320 e. The van der Waals surface area contributed by atoms with E-state index in [4.69, 9.17) is 0 Å². The molecule has 0 amide bonds. The van der Waals surface area contributed by atoms with E-state index in [1.165, 1.54) is 32.1 Å². The third-order valence-corrected chi connectivity index (χ3v) is 6.55. The number of hydrogen-bond donors (Lipinski definition) is 1. The van der Waals surface area contributed by atoms with Gasteiger partial charge in [-0.2, -0.15) is 0 Å². The van der Waals surface area contributed by atoms with Crippen LogP contribution in [0.15, 0.2) is 63.9 Å². The highest BCUT2D eigenvalue weighted by Crippen LogP contribution is 2.47. The molecule has 5 heteroatoms. The summed E-state index contributed by atoms with van der Waals surface area (Å²) in [6.45, 7) is 3.60. The van der Waals surface area contributed by atoms with Crippen molar-refractivity contribution in [3.63, 3.8) is 0 Å². The summed E-state index contributed by atoms with van der Waals surface area (Å²) >= 11 is 1.84.